The van der Waals surface area contributed by atoms with Crippen LogP contribution in [-0.2, 0) is 0 Å². The summed E-state index contributed by atoms with van der Waals surface area (Å²) in [6.45, 7) is 6.87. The molecule has 0 aliphatic carbocycles. The van der Waals surface area contributed by atoms with Gasteiger partial charge in [0.05, 0.1) is 5.56 Å². The number of aromatic nitrogens is 1. The summed E-state index contributed by atoms with van der Waals surface area (Å²) in [7, 11) is 0. The summed E-state index contributed by atoms with van der Waals surface area (Å²) in [6, 6.07) is 5.64. The molecule has 0 saturated heterocycles. The summed E-state index contributed by atoms with van der Waals surface area (Å²) >= 11 is 0. The van der Waals surface area contributed by atoms with E-state index >= 15 is 0 Å². The van der Waals surface area contributed by atoms with E-state index in [2.05, 4.69) is 37.1 Å². The minimum atomic E-state index is -0.228. The normalized spacial score (nSPS) is 14.1. The molecule has 4 heteroatoms. The third-order valence-corrected chi connectivity index (χ3v) is 2.66. The van der Waals surface area contributed by atoms with Crippen molar-refractivity contribution in [3.8, 4) is 6.07 Å². The van der Waals surface area contributed by atoms with Crippen LogP contribution in [0.25, 0.3) is 0 Å². The highest BCUT2D eigenvalue weighted by molar-refractivity contribution is 5.52. The number of hydrogen-bond donors (Lipinski definition) is 2. The smallest absolute Gasteiger partial charge is 0.144 e. The van der Waals surface area contributed by atoms with Crippen LogP contribution in [0.2, 0.25) is 0 Å². The van der Waals surface area contributed by atoms with Gasteiger partial charge in [0.1, 0.15) is 11.9 Å². The first-order valence-corrected chi connectivity index (χ1v) is 5.84. The second-order valence-corrected chi connectivity index (χ2v) is 5.00. The minimum Gasteiger partial charge on any atom is -0.363 e. The van der Waals surface area contributed by atoms with Gasteiger partial charge in [0, 0.05) is 18.3 Å². The molecule has 0 aliphatic heterocycles. The summed E-state index contributed by atoms with van der Waals surface area (Å²) in [5, 5.41) is 12.3. The average molecular weight is 232 g/mol. The fourth-order valence-electron chi connectivity index (χ4n) is 1.97. The molecule has 1 aromatic rings. The molecule has 0 aromatic carbocycles. The summed E-state index contributed by atoms with van der Waals surface area (Å²) in [5.74, 6) is 1.15. The number of anilines is 1. The van der Waals surface area contributed by atoms with Gasteiger partial charge in [-0.15, -0.1) is 0 Å². The maximum absolute atomic E-state index is 9.01. The van der Waals surface area contributed by atoms with Crippen molar-refractivity contribution >= 4 is 5.82 Å². The van der Waals surface area contributed by atoms with Crippen LogP contribution in [-0.4, -0.2) is 17.1 Å². The molecule has 1 rings (SSSR count). The van der Waals surface area contributed by atoms with Crippen LogP contribution in [0.4, 0.5) is 5.82 Å². The Morgan fingerprint density at radius 1 is 1.59 bits per heavy atom. The second kappa shape index (κ2) is 5.65. The molecule has 0 amide bonds. The molecular weight excluding hydrogens is 212 g/mol. The van der Waals surface area contributed by atoms with Crippen LogP contribution in [0.15, 0.2) is 18.3 Å². The molecule has 1 heterocycles. The van der Waals surface area contributed by atoms with Gasteiger partial charge in [-0.3, -0.25) is 0 Å². The number of nitrogens with two attached hydrogens (primary N) is 1. The Hall–Kier alpha value is -1.60. The summed E-state index contributed by atoms with van der Waals surface area (Å²) in [5.41, 5.74) is 6.15. The van der Waals surface area contributed by atoms with Crippen molar-refractivity contribution in [1.29, 1.82) is 5.26 Å². The number of nitrogens with zero attached hydrogens (tertiary/aromatic N) is 2. The van der Waals surface area contributed by atoms with E-state index < -0.39 is 0 Å². The molecule has 0 bridgehead atoms. The van der Waals surface area contributed by atoms with Gasteiger partial charge in [-0.2, -0.15) is 5.26 Å². The lowest BCUT2D eigenvalue weighted by atomic mass is 9.90. The van der Waals surface area contributed by atoms with E-state index in [-0.39, 0.29) is 5.54 Å². The SMILES string of the molecule is CC(C)CC(C)(CN)Nc1ncccc1C#N. The van der Waals surface area contributed by atoms with E-state index in [9.17, 15) is 0 Å². The van der Waals surface area contributed by atoms with Crippen LogP contribution in [0, 0.1) is 17.2 Å². The van der Waals surface area contributed by atoms with Crippen LogP contribution < -0.4 is 11.1 Å². The van der Waals surface area contributed by atoms with Gasteiger partial charge in [0.15, 0.2) is 0 Å². The second-order valence-electron chi connectivity index (χ2n) is 5.00. The molecule has 3 N–H and O–H groups in total. The van der Waals surface area contributed by atoms with Gasteiger partial charge >= 0.3 is 0 Å². The third-order valence-electron chi connectivity index (χ3n) is 2.66. The Labute approximate surface area is 103 Å². The third kappa shape index (κ3) is 3.72. The Morgan fingerprint density at radius 3 is 2.82 bits per heavy atom. The standard InChI is InChI=1S/C13H20N4/c1-10(2)7-13(3,9-15)17-12-11(8-14)5-4-6-16-12/h4-6,10H,7,9,15H2,1-3H3,(H,16,17). The van der Waals surface area contributed by atoms with Gasteiger partial charge in [-0.1, -0.05) is 13.8 Å². The predicted octanol–water partition coefficient (Wildman–Crippen LogP) is 2.13. The quantitative estimate of drug-likeness (QED) is 0.815. The number of hydrogen-bond acceptors (Lipinski definition) is 4. The van der Waals surface area contributed by atoms with E-state index in [1.54, 1.807) is 18.3 Å². The first-order chi connectivity index (χ1) is 8.00. The maximum Gasteiger partial charge on any atom is 0.144 e. The lowest BCUT2D eigenvalue weighted by molar-refractivity contribution is 0.406. The largest absolute Gasteiger partial charge is 0.363 e. The first kappa shape index (κ1) is 13.5. The summed E-state index contributed by atoms with van der Waals surface area (Å²) < 4.78 is 0. The van der Waals surface area contributed by atoms with E-state index in [1.165, 1.54) is 0 Å². The molecule has 1 aromatic heterocycles. The molecule has 1 atom stereocenters. The minimum absolute atomic E-state index is 0.228. The molecule has 92 valence electrons. The highest BCUT2D eigenvalue weighted by Crippen LogP contribution is 2.22. The topological polar surface area (TPSA) is 74.7 Å². The Morgan fingerprint density at radius 2 is 2.29 bits per heavy atom. The van der Waals surface area contributed by atoms with E-state index in [0.717, 1.165) is 6.42 Å². The fourth-order valence-corrected chi connectivity index (χ4v) is 1.97. The zero-order valence-electron chi connectivity index (χ0n) is 10.7. The molecular formula is C13H20N4. The van der Waals surface area contributed by atoms with Gasteiger partial charge in [0.2, 0.25) is 0 Å². The Kier molecular flexibility index (Phi) is 4.47. The van der Waals surface area contributed by atoms with Crippen molar-refractivity contribution in [2.75, 3.05) is 11.9 Å². The molecule has 4 nitrogen and oxygen atoms in total. The van der Waals surface area contributed by atoms with Crippen LogP contribution >= 0.6 is 0 Å². The van der Waals surface area contributed by atoms with Crippen molar-refractivity contribution in [2.45, 2.75) is 32.7 Å². The van der Waals surface area contributed by atoms with E-state index in [0.29, 0.717) is 23.8 Å². The maximum atomic E-state index is 9.01. The van der Waals surface area contributed by atoms with E-state index in [4.69, 9.17) is 11.0 Å². The highest BCUT2D eigenvalue weighted by Gasteiger charge is 2.24. The molecule has 0 aliphatic rings. The monoisotopic (exact) mass is 232 g/mol. The van der Waals surface area contributed by atoms with Crippen molar-refractivity contribution in [3.63, 3.8) is 0 Å². The predicted molar refractivity (Wildman–Crippen MR) is 69.5 cm³/mol. The highest BCUT2D eigenvalue weighted by atomic mass is 15.1. The number of rotatable bonds is 5. The molecule has 0 spiro atoms. The number of pyridine rings is 1. The van der Waals surface area contributed by atoms with Crippen molar-refractivity contribution < 1.29 is 0 Å². The van der Waals surface area contributed by atoms with Crippen LogP contribution in [0.5, 0.6) is 0 Å². The van der Waals surface area contributed by atoms with Gasteiger partial charge in [-0.05, 0) is 31.4 Å². The van der Waals surface area contributed by atoms with Gasteiger partial charge < -0.3 is 11.1 Å². The van der Waals surface area contributed by atoms with Crippen molar-refractivity contribution in [2.24, 2.45) is 11.7 Å². The average Bonchev–Trinajstić information content (AvgIpc) is 2.28. The molecule has 1 unspecified atom stereocenters. The lowest BCUT2D eigenvalue weighted by Crippen LogP contribution is -2.44. The van der Waals surface area contributed by atoms with Crippen LogP contribution in [0.1, 0.15) is 32.8 Å². The molecule has 0 fully saturated rings. The number of nitriles is 1. The van der Waals surface area contributed by atoms with Crippen molar-refractivity contribution in [1.82, 2.24) is 4.98 Å². The van der Waals surface area contributed by atoms with E-state index in [1.807, 2.05) is 0 Å². The molecule has 0 saturated carbocycles. The number of nitrogens with one attached hydrogen (secondary N) is 1. The van der Waals surface area contributed by atoms with Crippen LogP contribution in [0.3, 0.4) is 0 Å². The van der Waals surface area contributed by atoms with Gasteiger partial charge in [-0.25, -0.2) is 4.98 Å². The molecule has 17 heavy (non-hydrogen) atoms. The summed E-state index contributed by atoms with van der Waals surface area (Å²) in [4.78, 5) is 4.20. The lowest BCUT2D eigenvalue weighted by Gasteiger charge is -2.32. The van der Waals surface area contributed by atoms with Gasteiger partial charge in [0.25, 0.3) is 0 Å². The first-order valence-electron chi connectivity index (χ1n) is 5.84. The van der Waals surface area contributed by atoms with Crippen molar-refractivity contribution in [3.05, 3.63) is 23.9 Å². The fraction of sp³-hybridized carbons (Fsp3) is 0.538. The Bertz CT molecular complexity index is 408. The summed E-state index contributed by atoms with van der Waals surface area (Å²) in [6.07, 6.45) is 2.61. The molecule has 0 radical (unpaired) electrons. The zero-order chi connectivity index (χ0) is 12.9. The zero-order valence-corrected chi connectivity index (χ0v) is 10.7. The Balaban J connectivity index is 2.91.